The van der Waals surface area contributed by atoms with Crippen molar-refractivity contribution in [1.82, 2.24) is 4.90 Å². The van der Waals surface area contributed by atoms with E-state index in [4.69, 9.17) is 21.4 Å². The average molecular weight is 310 g/mol. The highest BCUT2D eigenvalue weighted by atomic mass is 35.5. The molecule has 2 aliphatic rings. The normalized spacial score (nSPS) is 23.7. The zero-order valence-corrected chi connectivity index (χ0v) is 12.2. The van der Waals surface area contributed by atoms with Crippen molar-refractivity contribution in [3.05, 3.63) is 34.9 Å². The fraction of sp³-hybridized carbons (Fsp3) is 0.467. The molecule has 5 nitrogen and oxygen atoms in total. The molecule has 0 bridgehead atoms. The summed E-state index contributed by atoms with van der Waals surface area (Å²) in [6, 6.07) is 7.35. The van der Waals surface area contributed by atoms with Crippen molar-refractivity contribution < 1.29 is 19.4 Å². The van der Waals surface area contributed by atoms with Gasteiger partial charge in [-0.15, -0.1) is 0 Å². The number of morpholine rings is 1. The van der Waals surface area contributed by atoms with Gasteiger partial charge in [0.2, 0.25) is 5.91 Å². The first-order chi connectivity index (χ1) is 10.0. The lowest BCUT2D eigenvalue weighted by molar-refractivity contribution is -0.160. The number of hydrogen-bond donors (Lipinski definition) is 1. The molecule has 21 heavy (non-hydrogen) atoms. The molecule has 1 aromatic rings. The molecule has 1 amide bonds. The lowest BCUT2D eigenvalue weighted by atomic mass is 9.94. The van der Waals surface area contributed by atoms with Gasteiger partial charge >= 0.3 is 5.97 Å². The van der Waals surface area contributed by atoms with Gasteiger partial charge in [0.15, 0.2) is 6.10 Å². The first kappa shape index (κ1) is 14.4. The largest absolute Gasteiger partial charge is 0.479 e. The summed E-state index contributed by atoms with van der Waals surface area (Å²) >= 11 is 6.01. The highest BCUT2D eigenvalue weighted by molar-refractivity contribution is 6.30. The minimum atomic E-state index is -1.03. The van der Waals surface area contributed by atoms with Crippen molar-refractivity contribution >= 4 is 23.5 Å². The highest BCUT2D eigenvalue weighted by Gasteiger charge is 2.53. The summed E-state index contributed by atoms with van der Waals surface area (Å²) in [5, 5.41) is 9.64. The van der Waals surface area contributed by atoms with Crippen LogP contribution in [0.25, 0.3) is 0 Å². The third-order valence-electron chi connectivity index (χ3n) is 4.17. The smallest absolute Gasteiger partial charge is 0.334 e. The van der Waals surface area contributed by atoms with Crippen molar-refractivity contribution in [2.45, 2.75) is 24.4 Å². The Morgan fingerprint density at radius 2 is 2.14 bits per heavy atom. The number of ether oxygens (including phenoxy) is 1. The molecular formula is C15H16ClNO4. The Hall–Kier alpha value is -1.59. The molecule has 1 heterocycles. The van der Waals surface area contributed by atoms with Crippen LogP contribution >= 0.6 is 11.6 Å². The minimum Gasteiger partial charge on any atom is -0.479 e. The molecule has 0 radical (unpaired) electrons. The maximum atomic E-state index is 12.8. The predicted molar refractivity (Wildman–Crippen MR) is 76.3 cm³/mol. The van der Waals surface area contributed by atoms with Gasteiger partial charge in [-0.2, -0.15) is 0 Å². The first-order valence-electron chi connectivity index (χ1n) is 6.93. The quantitative estimate of drug-likeness (QED) is 0.922. The molecule has 1 aliphatic carbocycles. The number of aliphatic carboxylic acids is 1. The van der Waals surface area contributed by atoms with Gasteiger partial charge < -0.3 is 14.7 Å². The number of carboxylic acids is 1. The van der Waals surface area contributed by atoms with E-state index in [0.717, 1.165) is 18.4 Å². The number of hydrogen-bond acceptors (Lipinski definition) is 3. The summed E-state index contributed by atoms with van der Waals surface area (Å²) in [5.74, 6) is -1.04. The topological polar surface area (TPSA) is 66.8 Å². The molecule has 1 atom stereocenters. The molecule has 6 heteroatoms. The summed E-state index contributed by atoms with van der Waals surface area (Å²) in [6.45, 7) is 0.801. The van der Waals surface area contributed by atoms with Crippen molar-refractivity contribution in [3.63, 3.8) is 0 Å². The van der Waals surface area contributed by atoms with E-state index in [1.165, 1.54) is 0 Å². The zero-order valence-electron chi connectivity index (χ0n) is 11.4. The van der Waals surface area contributed by atoms with Gasteiger partial charge in [-0.3, -0.25) is 4.79 Å². The van der Waals surface area contributed by atoms with Crippen LogP contribution in [0.4, 0.5) is 0 Å². The lowest BCUT2D eigenvalue weighted by Gasteiger charge is -2.33. The van der Waals surface area contributed by atoms with Crippen molar-refractivity contribution in [3.8, 4) is 0 Å². The Morgan fingerprint density at radius 1 is 1.38 bits per heavy atom. The average Bonchev–Trinajstić information content (AvgIpc) is 3.28. The Labute approximate surface area is 127 Å². The van der Waals surface area contributed by atoms with Gasteiger partial charge in [-0.1, -0.05) is 23.7 Å². The van der Waals surface area contributed by atoms with Crippen LogP contribution in [0.3, 0.4) is 0 Å². The van der Waals surface area contributed by atoms with E-state index in [0.29, 0.717) is 11.6 Å². The number of rotatable bonds is 3. The number of benzene rings is 1. The van der Waals surface area contributed by atoms with E-state index < -0.39 is 17.5 Å². The van der Waals surface area contributed by atoms with Crippen LogP contribution in [-0.2, 0) is 19.7 Å². The minimum absolute atomic E-state index is 0.0145. The van der Waals surface area contributed by atoms with Crippen molar-refractivity contribution in [2.24, 2.45) is 0 Å². The number of carboxylic acid groups (broad SMARTS) is 1. The summed E-state index contributed by atoms with van der Waals surface area (Å²) in [4.78, 5) is 25.4. The Kier molecular flexibility index (Phi) is 3.63. The van der Waals surface area contributed by atoms with Gasteiger partial charge in [-0.25, -0.2) is 4.79 Å². The molecule has 2 fully saturated rings. The second-order valence-electron chi connectivity index (χ2n) is 5.54. The van der Waals surface area contributed by atoms with Gasteiger partial charge in [0.1, 0.15) is 0 Å². The maximum absolute atomic E-state index is 12.8. The highest BCUT2D eigenvalue weighted by Crippen LogP contribution is 2.50. The molecule has 0 aromatic heterocycles. The molecule has 1 saturated heterocycles. The number of carbonyl (C=O) groups excluding carboxylic acids is 1. The van der Waals surface area contributed by atoms with Crippen LogP contribution in [-0.4, -0.2) is 47.7 Å². The number of nitrogens with zero attached hydrogens (tertiary/aromatic N) is 1. The summed E-state index contributed by atoms with van der Waals surface area (Å²) < 4.78 is 5.16. The van der Waals surface area contributed by atoms with E-state index >= 15 is 0 Å². The first-order valence-corrected chi connectivity index (χ1v) is 7.30. The molecule has 3 rings (SSSR count). The van der Waals surface area contributed by atoms with Crippen molar-refractivity contribution in [2.75, 3.05) is 19.7 Å². The van der Waals surface area contributed by atoms with Crippen LogP contribution < -0.4 is 0 Å². The molecule has 112 valence electrons. The van der Waals surface area contributed by atoms with E-state index in [2.05, 4.69) is 0 Å². The van der Waals surface area contributed by atoms with Gasteiger partial charge in [0.25, 0.3) is 0 Å². The number of halogens is 1. The SMILES string of the molecule is O=C(O)[C@H]1CN(C(=O)C2(c3cccc(Cl)c3)CC2)CCO1. The lowest BCUT2D eigenvalue weighted by Crippen LogP contribution is -2.51. The molecular weight excluding hydrogens is 294 g/mol. The van der Waals surface area contributed by atoms with Crippen molar-refractivity contribution in [1.29, 1.82) is 0 Å². The van der Waals surface area contributed by atoms with Crippen LogP contribution in [0.5, 0.6) is 0 Å². The van der Waals surface area contributed by atoms with E-state index in [-0.39, 0.29) is 19.1 Å². The number of carbonyl (C=O) groups is 2. The Balaban J connectivity index is 1.80. The maximum Gasteiger partial charge on any atom is 0.334 e. The molecule has 1 saturated carbocycles. The molecule has 0 spiro atoms. The van der Waals surface area contributed by atoms with Gasteiger partial charge in [0, 0.05) is 11.6 Å². The van der Waals surface area contributed by atoms with Gasteiger partial charge in [-0.05, 0) is 30.5 Å². The predicted octanol–water partition coefficient (Wildman–Crippen LogP) is 1.68. The second kappa shape index (κ2) is 5.31. The van der Waals surface area contributed by atoms with E-state index in [1.807, 2.05) is 18.2 Å². The number of amides is 1. The fourth-order valence-electron chi connectivity index (χ4n) is 2.82. The molecule has 1 aliphatic heterocycles. The molecule has 0 unspecified atom stereocenters. The third-order valence-corrected chi connectivity index (χ3v) is 4.40. The monoisotopic (exact) mass is 309 g/mol. The van der Waals surface area contributed by atoms with E-state index in [9.17, 15) is 9.59 Å². The second-order valence-corrected chi connectivity index (χ2v) is 5.98. The van der Waals surface area contributed by atoms with Crippen LogP contribution in [0, 0.1) is 0 Å². The van der Waals surface area contributed by atoms with E-state index in [1.54, 1.807) is 11.0 Å². The standard InChI is InChI=1S/C15H16ClNO4/c16-11-3-1-2-10(8-11)15(4-5-15)14(20)17-6-7-21-12(9-17)13(18)19/h1-3,8,12H,4-7,9H2,(H,18,19)/t12-/m1/s1. The summed E-state index contributed by atoms with van der Waals surface area (Å²) in [6.07, 6.45) is 0.626. The van der Waals surface area contributed by atoms with Crippen LogP contribution in [0.1, 0.15) is 18.4 Å². The third kappa shape index (κ3) is 2.63. The Bertz CT molecular complexity index is 585. The molecule has 1 aromatic carbocycles. The summed E-state index contributed by atoms with van der Waals surface area (Å²) in [7, 11) is 0. The van der Waals surface area contributed by atoms with Gasteiger partial charge in [0.05, 0.1) is 18.6 Å². The summed E-state index contributed by atoms with van der Waals surface area (Å²) in [5.41, 5.74) is 0.393. The zero-order chi connectivity index (χ0) is 15.0. The van der Waals surface area contributed by atoms with Crippen LogP contribution in [0.15, 0.2) is 24.3 Å². The molecule has 1 N–H and O–H groups in total. The Morgan fingerprint density at radius 3 is 2.76 bits per heavy atom. The van der Waals surface area contributed by atoms with Crippen LogP contribution in [0.2, 0.25) is 5.02 Å². The fourth-order valence-corrected chi connectivity index (χ4v) is 3.01.